The van der Waals surface area contributed by atoms with Crippen LogP contribution in [0.1, 0.15) is 16.8 Å². The van der Waals surface area contributed by atoms with Crippen molar-refractivity contribution in [2.24, 2.45) is 0 Å². The molecule has 3 nitrogen and oxygen atoms in total. The molecule has 0 amide bonds. The maximum Gasteiger partial charge on any atom is 0.143 e. The Morgan fingerprint density at radius 1 is 1.25 bits per heavy atom. The van der Waals surface area contributed by atoms with Crippen molar-refractivity contribution in [2.75, 3.05) is 12.4 Å². The highest BCUT2D eigenvalue weighted by Crippen LogP contribution is 2.27. The Kier molecular flexibility index (Phi) is 2.49. The van der Waals surface area contributed by atoms with Crippen LogP contribution in [0.2, 0.25) is 0 Å². The average Bonchev–Trinajstić information content (AvgIpc) is 2.26. The molecule has 0 bridgehead atoms. The van der Waals surface area contributed by atoms with Gasteiger partial charge < -0.3 is 5.32 Å². The summed E-state index contributed by atoms with van der Waals surface area (Å²) < 4.78 is 0. The van der Waals surface area contributed by atoms with Crippen LogP contribution in [0.25, 0.3) is 10.9 Å². The van der Waals surface area contributed by atoms with E-state index in [0.717, 1.165) is 22.2 Å². The van der Waals surface area contributed by atoms with Crippen LogP contribution in [-0.2, 0) is 0 Å². The van der Waals surface area contributed by atoms with Gasteiger partial charge in [-0.1, -0.05) is 6.07 Å². The summed E-state index contributed by atoms with van der Waals surface area (Å²) in [7, 11) is 1.86. The van der Waals surface area contributed by atoms with E-state index in [1.54, 1.807) is 6.07 Å². The van der Waals surface area contributed by atoms with Gasteiger partial charge in [0.05, 0.1) is 5.52 Å². The van der Waals surface area contributed by atoms with Gasteiger partial charge >= 0.3 is 0 Å². The van der Waals surface area contributed by atoms with Crippen molar-refractivity contribution in [1.82, 2.24) is 4.98 Å². The Morgan fingerprint density at radius 3 is 2.62 bits per heavy atom. The van der Waals surface area contributed by atoms with Crippen molar-refractivity contribution >= 4 is 16.6 Å². The minimum absolute atomic E-state index is 0.446. The fraction of sp³-hybridized carbons (Fsp3) is 0.231. The molecule has 0 saturated carbocycles. The lowest BCUT2D eigenvalue weighted by atomic mass is 10.0. The van der Waals surface area contributed by atoms with Crippen molar-refractivity contribution in [3.63, 3.8) is 0 Å². The normalized spacial score (nSPS) is 10.1. The largest absolute Gasteiger partial charge is 0.387 e. The van der Waals surface area contributed by atoms with Crippen LogP contribution >= 0.6 is 0 Å². The first-order chi connectivity index (χ1) is 7.65. The summed E-state index contributed by atoms with van der Waals surface area (Å²) in [6.45, 7) is 4.09. The van der Waals surface area contributed by atoms with Gasteiger partial charge in [0.25, 0.3) is 0 Å². The number of nitriles is 1. The van der Waals surface area contributed by atoms with Gasteiger partial charge in [-0.3, -0.25) is 0 Å². The van der Waals surface area contributed by atoms with Gasteiger partial charge in [0.1, 0.15) is 11.8 Å². The number of benzene rings is 1. The number of pyridine rings is 1. The Morgan fingerprint density at radius 2 is 2.00 bits per heavy atom. The standard InChI is InChI=1S/C13H13N3/c1-8-4-9(2)13-11(15-3)6-10(7-14)16-12(13)5-8/h4-6H,1-3H3,(H,15,16). The second-order valence-electron chi connectivity index (χ2n) is 3.89. The van der Waals surface area contributed by atoms with E-state index in [-0.39, 0.29) is 0 Å². The summed E-state index contributed by atoms with van der Waals surface area (Å²) in [5, 5.41) is 13.1. The zero-order chi connectivity index (χ0) is 11.7. The molecule has 0 atom stereocenters. The minimum Gasteiger partial charge on any atom is -0.387 e. The summed E-state index contributed by atoms with van der Waals surface area (Å²) in [6, 6.07) is 7.99. The van der Waals surface area contributed by atoms with E-state index in [4.69, 9.17) is 5.26 Å². The van der Waals surface area contributed by atoms with E-state index in [1.807, 2.05) is 20.0 Å². The average molecular weight is 211 g/mol. The Bertz CT molecular complexity index is 594. The van der Waals surface area contributed by atoms with Crippen molar-refractivity contribution < 1.29 is 0 Å². The maximum absolute atomic E-state index is 8.92. The van der Waals surface area contributed by atoms with Gasteiger partial charge in [0, 0.05) is 18.1 Å². The lowest BCUT2D eigenvalue weighted by Crippen LogP contribution is -1.96. The van der Waals surface area contributed by atoms with Crippen LogP contribution in [0.15, 0.2) is 18.2 Å². The van der Waals surface area contributed by atoms with Crippen LogP contribution in [0, 0.1) is 25.2 Å². The number of fused-ring (bicyclic) bond motifs is 1. The van der Waals surface area contributed by atoms with Crippen molar-refractivity contribution in [1.29, 1.82) is 5.26 Å². The van der Waals surface area contributed by atoms with Crippen molar-refractivity contribution in [3.05, 3.63) is 35.0 Å². The first kappa shape index (κ1) is 10.4. The zero-order valence-electron chi connectivity index (χ0n) is 9.63. The van der Waals surface area contributed by atoms with E-state index in [2.05, 4.69) is 29.4 Å². The molecule has 2 aromatic rings. The third-order valence-electron chi connectivity index (χ3n) is 2.63. The summed E-state index contributed by atoms with van der Waals surface area (Å²) in [5.41, 5.74) is 4.62. The molecule has 0 aliphatic carbocycles. The number of aromatic nitrogens is 1. The van der Waals surface area contributed by atoms with Crippen molar-refractivity contribution in [2.45, 2.75) is 13.8 Å². The van der Waals surface area contributed by atoms with E-state index >= 15 is 0 Å². The Balaban J connectivity index is 2.90. The van der Waals surface area contributed by atoms with Gasteiger partial charge in [0.15, 0.2) is 0 Å². The third kappa shape index (κ3) is 1.59. The molecule has 1 aromatic carbocycles. The first-order valence-electron chi connectivity index (χ1n) is 5.15. The molecule has 0 spiro atoms. The molecule has 3 heteroatoms. The van der Waals surface area contributed by atoms with Gasteiger partial charge in [0.2, 0.25) is 0 Å². The molecule has 0 fully saturated rings. The maximum atomic E-state index is 8.92. The molecule has 16 heavy (non-hydrogen) atoms. The predicted octanol–water partition coefficient (Wildman–Crippen LogP) is 2.77. The number of rotatable bonds is 1. The van der Waals surface area contributed by atoms with Crippen LogP contribution < -0.4 is 5.32 Å². The number of nitrogens with zero attached hydrogens (tertiary/aromatic N) is 2. The molecular weight excluding hydrogens is 198 g/mol. The highest BCUT2D eigenvalue weighted by atomic mass is 14.8. The molecule has 0 unspecified atom stereocenters. The monoisotopic (exact) mass is 211 g/mol. The first-order valence-corrected chi connectivity index (χ1v) is 5.15. The molecule has 0 radical (unpaired) electrons. The molecule has 1 N–H and O–H groups in total. The summed E-state index contributed by atoms with van der Waals surface area (Å²) in [4.78, 5) is 4.32. The highest BCUT2D eigenvalue weighted by Gasteiger charge is 2.07. The van der Waals surface area contributed by atoms with Crippen molar-refractivity contribution in [3.8, 4) is 6.07 Å². The molecule has 1 aromatic heterocycles. The van der Waals surface area contributed by atoms with Gasteiger partial charge in [-0.2, -0.15) is 5.26 Å². The molecule has 0 aliphatic heterocycles. The van der Waals surface area contributed by atoms with E-state index < -0.39 is 0 Å². The van der Waals surface area contributed by atoms with E-state index in [1.165, 1.54) is 5.56 Å². The van der Waals surface area contributed by atoms with Crippen LogP contribution in [0.3, 0.4) is 0 Å². The third-order valence-corrected chi connectivity index (χ3v) is 2.63. The van der Waals surface area contributed by atoms with Gasteiger partial charge in [-0.15, -0.1) is 0 Å². The summed E-state index contributed by atoms with van der Waals surface area (Å²) in [5.74, 6) is 0. The summed E-state index contributed by atoms with van der Waals surface area (Å²) in [6.07, 6.45) is 0. The molecule has 0 saturated heterocycles. The lowest BCUT2D eigenvalue weighted by Gasteiger charge is -2.09. The van der Waals surface area contributed by atoms with Gasteiger partial charge in [-0.25, -0.2) is 4.98 Å². The van der Waals surface area contributed by atoms with Gasteiger partial charge in [-0.05, 0) is 37.1 Å². The number of nitrogens with one attached hydrogen (secondary N) is 1. The second kappa shape index (κ2) is 3.82. The predicted molar refractivity (Wildman–Crippen MR) is 65.5 cm³/mol. The minimum atomic E-state index is 0.446. The van der Waals surface area contributed by atoms with Crippen LogP contribution in [0.5, 0.6) is 0 Å². The molecule has 0 aliphatic rings. The van der Waals surface area contributed by atoms with Crippen LogP contribution in [-0.4, -0.2) is 12.0 Å². The Labute approximate surface area is 94.7 Å². The fourth-order valence-corrected chi connectivity index (χ4v) is 2.01. The smallest absolute Gasteiger partial charge is 0.143 e. The SMILES string of the molecule is CNc1cc(C#N)nc2cc(C)cc(C)c12. The molecular formula is C13H13N3. The second-order valence-corrected chi connectivity index (χ2v) is 3.89. The molecule has 80 valence electrons. The topological polar surface area (TPSA) is 48.7 Å². The lowest BCUT2D eigenvalue weighted by molar-refractivity contribution is 1.30. The highest BCUT2D eigenvalue weighted by molar-refractivity contribution is 5.94. The Hall–Kier alpha value is -2.08. The zero-order valence-corrected chi connectivity index (χ0v) is 9.63. The number of hydrogen-bond donors (Lipinski definition) is 1. The van der Waals surface area contributed by atoms with E-state index in [9.17, 15) is 0 Å². The van der Waals surface area contributed by atoms with E-state index in [0.29, 0.717) is 5.69 Å². The molecule has 1 heterocycles. The van der Waals surface area contributed by atoms with Crippen LogP contribution in [0.4, 0.5) is 5.69 Å². The fourth-order valence-electron chi connectivity index (χ4n) is 2.01. The quantitative estimate of drug-likeness (QED) is 0.789. The summed E-state index contributed by atoms with van der Waals surface area (Å²) >= 11 is 0. The molecule has 2 rings (SSSR count). The number of hydrogen-bond acceptors (Lipinski definition) is 3. The number of aryl methyl sites for hydroxylation is 2. The number of anilines is 1.